The van der Waals surface area contributed by atoms with Gasteiger partial charge in [-0.25, -0.2) is 13.2 Å². The molecule has 0 aliphatic carbocycles. The third-order valence-corrected chi connectivity index (χ3v) is 3.21. The van der Waals surface area contributed by atoms with Gasteiger partial charge in [-0.2, -0.15) is 0 Å². The van der Waals surface area contributed by atoms with Gasteiger partial charge in [0.1, 0.15) is 0 Å². The third-order valence-electron chi connectivity index (χ3n) is 2.21. The van der Waals surface area contributed by atoms with E-state index in [1.807, 2.05) is 6.92 Å². The Morgan fingerprint density at radius 3 is 2.18 bits per heavy atom. The standard InChI is InChI=1S/C12H7F3OS/c1-6-2-3-10(17-6)12(16)7-4-8(13)11(15)9(14)5-7/h2-5H,1H3. The quantitative estimate of drug-likeness (QED) is 0.591. The van der Waals surface area contributed by atoms with Gasteiger partial charge < -0.3 is 0 Å². The number of carbonyl (C=O) groups is 1. The van der Waals surface area contributed by atoms with Crippen molar-refractivity contribution in [3.05, 3.63) is 57.0 Å². The number of aryl methyl sites for hydroxylation is 1. The number of thiophene rings is 1. The van der Waals surface area contributed by atoms with Crippen molar-refractivity contribution in [1.82, 2.24) is 0 Å². The van der Waals surface area contributed by atoms with E-state index in [9.17, 15) is 18.0 Å². The lowest BCUT2D eigenvalue weighted by molar-refractivity contribution is 0.104. The van der Waals surface area contributed by atoms with Crippen molar-refractivity contribution < 1.29 is 18.0 Å². The van der Waals surface area contributed by atoms with Gasteiger partial charge in [0.2, 0.25) is 5.78 Å². The first-order valence-corrected chi connectivity index (χ1v) is 5.56. The highest BCUT2D eigenvalue weighted by Crippen LogP contribution is 2.21. The van der Waals surface area contributed by atoms with Gasteiger partial charge in [0.05, 0.1) is 4.88 Å². The van der Waals surface area contributed by atoms with E-state index in [-0.39, 0.29) is 5.56 Å². The van der Waals surface area contributed by atoms with Crippen LogP contribution in [0.4, 0.5) is 13.2 Å². The monoisotopic (exact) mass is 256 g/mol. The van der Waals surface area contributed by atoms with Crippen molar-refractivity contribution in [3.63, 3.8) is 0 Å². The van der Waals surface area contributed by atoms with Crippen molar-refractivity contribution in [2.24, 2.45) is 0 Å². The van der Waals surface area contributed by atoms with E-state index in [4.69, 9.17) is 0 Å². The molecule has 0 N–H and O–H groups in total. The van der Waals surface area contributed by atoms with Crippen LogP contribution in [0.1, 0.15) is 20.1 Å². The minimum Gasteiger partial charge on any atom is -0.288 e. The first kappa shape index (κ1) is 11.9. The summed E-state index contributed by atoms with van der Waals surface area (Å²) in [7, 11) is 0. The summed E-state index contributed by atoms with van der Waals surface area (Å²) in [6.45, 7) is 1.81. The lowest BCUT2D eigenvalue weighted by atomic mass is 10.1. The molecule has 0 atom stereocenters. The van der Waals surface area contributed by atoms with E-state index in [0.29, 0.717) is 17.0 Å². The summed E-state index contributed by atoms with van der Waals surface area (Å²) < 4.78 is 38.6. The molecule has 2 aromatic rings. The SMILES string of the molecule is Cc1ccc(C(=O)c2cc(F)c(F)c(F)c2)s1. The highest BCUT2D eigenvalue weighted by atomic mass is 32.1. The van der Waals surface area contributed by atoms with E-state index in [0.717, 1.165) is 4.88 Å². The molecular weight excluding hydrogens is 249 g/mol. The average Bonchev–Trinajstić information content (AvgIpc) is 2.71. The van der Waals surface area contributed by atoms with Crippen LogP contribution >= 0.6 is 11.3 Å². The van der Waals surface area contributed by atoms with E-state index in [2.05, 4.69) is 0 Å². The molecule has 1 aromatic heterocycles. The molecule has 1 aromatic carbocycles. The molecule has 5 heteroatoms. The minimum atomic E-state index is -1.57. The predicted molar refractivity (Wildman–Crippen MR) is 58.8 cm³/mol. The first-order valence-electron chi connectivity index (χ1n) is 4.74. The van der Waals surface area contributed by atoms with Crippen molar-refractivity contribution in [3.8, 4) is 0 Å². The number of hydrogen-bond acceptors (Lipinski definition) is 2. The van der Waals surface area contributed by atoms with Gasteiger partial charge in [0.15, 0.2) is 17.5 Å². The number of halogens is 3. The van der Waals surface area contributed by atoms with Crippen molar-refractivity contribution >= 4 is 17.1 Å². The Balaban J connectivity index is 2.44. The summed E-state index contributed by atoms with van der Waals surface area (Å²) in [5.74, 6) is -4.80. The molecule has 88 valence electrons. The van der Waals surface area contributed by atoms with Crippen molar-refractivity contribution in [2.45, 2.75) is 6.92 Å². The molecule has 0 saturated heterocycles. The lowest BCUT2D eigenvalue weighted by Gasteiger charge is -2.00. The van der Waals surface area contributed by atoms with Crippen molar-refractivity contribution in [1.29, 1.82) is 0 Å². The maximum atomic E-state index is 13.0. The fourth-order valence-corrected chi connectivity index (χ4v) is 2.22. The van der Waals surface area contributed by atoms with Gasteiger partial charge in [-0.15, -0.1) is 11.3 Å². The van der Waals surface area contributed by atoms with Crippen LogP contribution < -0.4 is 0 Å². The Morgan fingerprint density at radius 1 is 1.12 bits per heavy atom. The molecule has 17 heavy (non-hydrogen) atoms. The Bertz CT molecular complexity index is 566. The molecule has 0 saturated carbocycles. The largest absolute Gasteiger partial charge is 0.288 e. The number of rotatable bonds is 2. The highest BCUT2D eigenvalue weighted by Gasteiger charge is 2.17. The zero-order chi connectivity index (χ0) is 12.6. The summed E-state index contributed by atoms with van der Waals surface area (Å²) in [5.41, 5.74) is -0.191. The molecule has 0 fully saturated rings. The van der Waals surface area contributed by atoms with Gasteiger partial charge in [0, 0.05) is 10.4 Å². The van der Waals surface area contributed by atoms with Gasteiger partial charge in [-0.1, -0.05) is 0 Å². The maximum Gasteiger partial charge on any atom is 0.203 e. The normalized spacial score (nSPS) is 10.6. The van der Waals surface area contributed by atoms with Crippen LogP contribution in [-0.2, 0) is 0 Å². The van der Waals surface area contributed by atoms with Crippen LogP contribution in [0.15, 0.2) is 24.3 Å². The Labute approximate surface area is 99.5 Å². The zero-order valence-electron chi connectivity index (χ0n) is 8.76. The maximum absolute atomic E-state index is 13.0. The summed E-state index contributed by atoms with van der Waals surface area (Å²) in [4.78, 5) is 13.1. The molecule has 0 bridgehead atoms. The summed E-state index contributed by atoms with van der Waals surface area (Å²) >= 11 is 1.22. The van der Waals surface area contributed by atoms with Crippen LogP contribution in [-0.4, -0.2) is 5.78 Å². The van der Waals surface area contributed by atoms with E-state index >= 15 is 0 Å². The van der Waals surface area contributed by atoms with Crippen LogP contribution in [0.25, 0.3) is 0 Å². The predicted octanol–water partition coefficient (Wildman–Crippen LogP) is 3.70. The molecule has 0 unspecified atom stereocenters. The fourth-order valence-electron chi connectivity index (χ4n) is 1.39. The van der Waals surface area contributed by atoms with E-state index in [1.165, 1.54) is 11.3 Å². The highest BCUT2D eigenvalue weighted by molar-refractivity contribution is 7.14. The molecule has 0 aliphatic rings. The number of hydrogen-bond donors (Lipinski definition) is 0. The fraction of sp³-hybridized carbons (Fsp3) is 0.0833. The van der Waals surface area contributed by atoms with Crippen LogP contribution in [0.2, 0.25) is 0 Å². The Morgan fingerprint density at radius 2 is 1.71 bits per heavy atom. The molecule has 1 heterocycles. The van der Waals surface area contributed by atoms with E-state index in [1.54, 1.807) is 12.1 Å². The second-order valence-electron chi connectivity index (χ2n) is 3.49. The average molecular weight is 256 g/mol. The molecule has 0 spiro atoms. The summed E-state index contributed by atoms with van der Waals surface area (Å²) in [6.07, 6.45) is 0. The molecule has 1 nitrogen and oxygen atoms in total. The van der Waals surface area contributed by atoms with E-state index < -0.39 is 23.2 Å². The molecule has 2 rings (SSSR count). The van der Waals surface area contributed by atoms with Gasteiger partial charge >= 0.3 is 0 Å². The Hall–Kier alpha value is -1.62. The summed E-state index contributed by atoms with van der Waals surface area (Å²) in [6, 6.07) is 4.71. The smallest absolute Gasteiger partial charge is 0.203 e. The second-order valence-corrected chi connectivity index (χ2v) is 4.78. The van der Waals surface area contributed by atoms with Crippen LogP contribution in [0.5, 0.6) is 0 Å². The molecule has 0 amide bonds. The van der Waals surface area contributed by atoms with Gasteiger partial charge in [-0.05, 0) is 31.2 Å². The number of ketones is 1. The zero-order valence-corrected chi connectivity index (χ0v) is 9.58. The van der Waals surface area contributed by atoms with Gasteiger partial charge in [0.25, 0.3) is 0 Å². The minimum absolute atomic E-state index is 0.191. The van der Waals surface area contributed by atoms with Crippen LogP contribution in [0, 0.1) is 24.4 Å². The molecule has 0 radical (unpaired) electrons. The molecule has 0 aliphatic heterocycles. The first-order chi connectivity index (χ1) is 7.99. The van der Waals surface area contributed by atoms with Crippen molar-refractivity contribution in [2.75, 3.05) is 0 Å². The number of benzene rings is 1. The number of carbonyl (C=O) groups excluding carboxylic acids is 1. The lowest BCUT2D eigenvalue weighted by Crippen LogP contribution is -2.02. The second kappa shape index (κ2) is 4.33. The summed E-state index contributed by atoms with van der Waals surface area (Å²) in [5, 5.41) is 0. The van der Waals surface area contributed by atoms with Gasteiger partial charge in [-0.3, -0.25) is 4.79 Å². The topological polar surface area (TPSA) is 17.1 Å². The molecular formula is C12H7F3OS. The van der Waals surface area contributed by atoms with Crippen LogP contribution in [0.3, 0.4) is 0 Å². The Kier molecular flexibility index (Phi) is 3.02. The third kappa shape index (κ3) is 2.24.